The second kappa shape index (κ2) is 7.52. The zero-order valence-electron chi connectivity index (χ0n) is 11.8. The second-order valence-electron chi connectivity index (χ2n) is 4.49. The van der Waals surface area contributed by atoms with Gasteiger partial charge in [-0.3, -0.25) is 4.79 Å². The topological polar surface area (TPSA) is 80.2 Å². The summed E-state index contributed by atoms with van der Waals surface area (Å²) in [6.45, 7) is 3.07. The molecule has 3 heterocycles. The first-order valence-electron chi connectivity index (χ1n) is 6.78. The Morgan fingerprint density at radius 3 is 3.00 bits per heavy atom. The first kappa shape index (κ1) is 15.2. The van der Waals surface area contributed by atoms with E-state index in [-0.39, 0.29) is 5.91 Å². The van der Waals surface area contributed by atoms with Gasteiger partial charge in [-0.25, -0.2) is 15.0 Å². The molecule has 1 N–H and O–H groups in total. The van der Waals surface area contributed by atoms with Crippen LogP contribution in [0.5, 0.6) is 0 Å². The van der Waals surface area contributed by atoms with Crippen LogP contribution in [0.2, 0.25) is 0 Å². The fourth-order valence-electron chi connectivity index (χ4n) is 1.95. The predicted molar refractivity (Wildman–Crippen MR) is 86.5 cm³/mol. The molecule has 1 aliphatic heterocycles. The molecule has 0 aromatic carbocycles. The van der Waals surface area contributed by atoms with Crippen molar-refractivity contribution in [1.82, 2.24) is 15.0 Å². The van der Waals surface area contributed by atoms with E-state index >= 15 is 0 Å². The highest BCUT2D eigenvalue weighted by Gasteiger charge is 2.13. The number of carbonyl (C=O) groups is 1. The molecule has 0 radical (unpaired) electrons. The standard InChI is InChI=1S/C13H15N5O2S2/c19-11(17-13-14-1-6-21-13)8-22-12-7-10(15-9-16-12)18-2-4-20-5-3-18/h1,6-7,9H,2-5,8H2,(H,14,17,19). The molecule has 0 unspecified atom stereocenters. The average molecular weight is 337 g/mol. The van der Waals surface area contributed by atoms with Crippen LogP contribution in [0, 0.1) is 0 Å². The molecule has 9 heteroatoms. The van der Waals surface area contributed by atoms with E-state index in [1.54, 1.807) is 6.20 Å². The highest BCUT2D eigenvalue weighted by molar-refractivity contribution is 7.99. The van der Waals surface area contributed by atoms with E-state index in [1.165, 1.54) is 29.4 Å². The third kappa shape index (κ3) is 4.15. The Hall–Kier alpha value is -1.71. The van der Waals surface area contributed by atoms with Crippen LogP contribution in [-0.2, 0) is 9.53 Å². The Morgan fingerprint density at radius 1 is 1.36 bits per heavy atom. The van der Waals surface area contributed by atoms with Crippen LogP contribution in [-0.4, -0.2) is 52.9 Å². The Labute approximate surface area is 136 Å². The molecule has 1 amide bonds. The molecule has 116 valence electrons. The fraction of sp³-hybridized carbons (Fsp3) is 0.385. The largest absolute Gasteiger partial charge is 0.378 e. The first-order chi connectivity index (χ1) is 10.8. The number of amides is 1. The molecule has 7 nitrogen and oxygen atoms in total. The summed E-state index contributed by atoms with van der Waals surface area (Å²) >= 11 is 2.78. The molecule has 2 aromatic heterocycles. The van der Waals surface area contributed by atoms with E-state index in [2.05, 4.69) is 25.2 Å². The number of thioether (sulfide) groups is 1. The molecule has 22 heavy (non-hydrogen) atoms. The SMILES string of the molecule is O=C(CSc1cc(N2CCOCC2)ncn1)Nc1nccs1. The van der Waals surface area contributed by atoms with Crippen LogP contribution in [0.25, 0.3) is 0 Å². The van der Waals surface area contributed by atoms with Gasteiger partial charge in [0.05, 0.1) is 19.0 Å². The molecular weight excluding hydrogens is 322 g/mol. The van der Waals surface area contributed by atoms with E-state index in [0.717, 1.165) is 23.9 Å². The minimum atomic E-state index is -0.0912. The number of carbonyl (C=O) groups excluding carboxylic acids is 1. The van der Waals surface area contributed by atoms with Gasteiger partial charge in [-0.15, -0.1) is 11.3 Å². The summed E-state index contributed by atoms with van der Waals surface area (Å²) in [7, 11) is 0. The Morgan fingerprint density at radius 2 is 2.23 bits per heavy atom. The first-order valence-corrected chi connectivity index (χ1v) is 8.65. The van der Waals surface area contributed by atoms with Crippen molar-refractivity contribution in [1.29, 1.82) is 0 Å². The normalized spacial score (nSPS) is 14.8. The number of hydrogen-bond donors (Lipinski definition) is 1. The van der Waals surface area contributed by atoms with Gasteiger partial charge in [0.15, 0.2) is 5.13 Å². The molecule has 0 atom stereocenters. The summed E-state index contributed by atoms with van der Waals surface area (Å²) in [6, 6.07) is 1.91. The number of nitrogens with zero attached hydrogens (tertiary/aromatic N) is 4. The van der Waals surface area contributed by atoms with Crippen LogP contribution < -0.4 is 10.2 Å². The van der Waals surface area contributed by atoms with Crippen molar-refractivity contribution in [2.75, 3.05) is 42.3 Å². The number of aromatic nitrogens is 3. The second-order valence-corrected chi connectivity index (χ2v) is 6.38. The Balaban J connectivity index is 1.54. The maximum Gasteiger partial charge on any atom is 0.236 e. The molecule has 0 aliphatic carbocycles. The Bertz CT molecular complexity index is 617. The number of morpholine rings is 1. The van der Waals surface area contributed by atoms with Gasteiger partial charge in [0.25, 0.3) is 0 Å². The van der Waals surface area contributed by atoms with Gasteiger partial charge in [0, 0.05) is 30.7 Å². The van der Waals surface area contributed by atoms with Crippen LogP contribution in [0.1, 0.15) is 0 Å². The minimum Gasteiger partial charge on any atom is -0.378 e. The van der Waals surface area contributed by atoms with Crippen LogP contribution in [0.15, 0.2) is 29.0 Å². The lowest BCUT2D eigenvalue weighted by Gasteiger charge is -2.27. The molecule has 1 fully saturated rings. The van der Waals surface area contributed by atoms with Crippen LogP contribution in [0.4, 0.5) is 10.9 Å². The van der Waals surface area contributed by atoms with E-state index in [1.807, 2.05) is 11.4 Å². The number of nitrogens with one attached hydrogen (secondary N) is 1. The van der Waals surface area contributed by atoms with E-state index < -0.39 is 0 Å². The van der Waals surface area contributed by atoms with Gasteiger partial charge in [0.2, 0.25) is 5.91 Å². The molecule has 3 rings (SSSR count). The van der Waals surface area contributed by atoms with Gasteiger partial charge < -0.3 is 15.0 Å². The van der Waals surface area contributed by atoms with E-state index in [9.17, 15) is 4.79 Å². The lowest BCUT2D eigenvalue weighted by molar-refractivity contribution is -0.113. The van der Waals surface area contributed by atoms with Crippen molar-refractivity contribution in [2.45, 2.75) is 5.03 Å². The predicted octanol–water partition coefficient (Wildman–Crippen LogP) is 1.50. The van der Waals surface area contributed by atoms with Crippen molar-refractivity contribution in [3.8, 4) is 0 Å². The molecular formula is C13H15N5O2S2. The average Bonchev–Trinajstić information content (AvgIpc) is 3.07. The third-order valence-corrected chi connectivity index (χ3v) is 4.61. The molecule has 2 aromatic rings. The van der Waals surface area contributed by atoms with Crippen molar-refractivity contribution < 1.29 is 9.53 Å². The summed E-state index contributed by atoms with van der Waals surface area (Å²) in [5.41, 5.74) is 0. The van der Waals surface area contributed by atoms with E-state index in [0.29, 0.717) is 24.1 Å². The summed E-state index contributed by atoms with van der Waals surface area (Å²) < 4.78 is 5.33. The quantitative estimate of drug-likeness (QED) is 0.654. The molecule has 0 saturated carbocycles. The number of thiazole rings is 1. The zero-order chi connectivity index (χ0) is 15.2. The minimum absolute atomic E-state index is 0.0912. The molecule has 1 saturated heterocycles. The van der Waals surface area contributed by atoms with Gasteiger partial charge in [-0.1, -0.05) is 11.8 Å². The van der Waals surface area contributed by atoms with Crippen LogP contribution >= 0.6 is 23.1 Å². The highest BCUT2D eigenvalue weighted by atomic mass is 32.2. The van der Waals surface area contributed by atoms with Crippen molar-refractivity contribution in [3.05, 3.63) is 24.0 Å². The maximum atomic E-state index is 11.8. The lowest BCUT2D eigenvalue weighted by Crippen LogP contribution is -2.36. The number of hydrogen-bond acceptors (Lipinski definition) is 8. The van der Waals surface area contributed by atoms with Gasteiger partial charge in [-0.05, 0) is 0 Å². The zero-order valence-corrected chi connectivity index (χ0v) is 13.4. The monoisotopic (exact) mass is 337 g/mol. The summed E-state index contributed by atoms with van der Waals surface area (Å²) in [4.78, 5) is 26.5. The van der Waals surface area contributed by atoms with Gasteiger partial charge in [0.1, 0.15) is 17.2 Å². The lowest BCUT2D eigenvalue weighted by atomic mass is 10.4. The van der Waals surface area contributed by atoms with Crippen LogP contribution in [0.3, 0.4) is 0 Å². The Kier molecular flexibility index (Phi) is 5.20. The van der Waals surface area contributed by atoms with Gasteiger partial charge in [-0.2, -0.15) is 0 Å². The van der Waals surface area contributed by atoms with E-state index in [4.69, 9.17) is 4.74 Å². The number of ether oxygens (including phenoxy) is 1. The summed E-state index contributed by atoms with van der Waals surface area (Å²) in [5, 5.41) is 5.97. The van der Waals surface area contributed by atoms with Gasteiger partial charge >= 0.3 is 0 Å². The smallest absolute Gasteiger partial charge is 0.236 e. The molecule has 1 aliphatic rings. The number of anilines is 2. The summed E-state index contributed by atoms with van der Waals surface area (Å²) in [5.74, 6) is 1.08. The molecule has 0 spiro atoms. The maximum absolute atomic E-state index is 11.8. The fourth-order valence-corrected chi connectivity index (χ4v) is 3.16. The van der Waals surface area contributed by atoms with Crippen molar-refractivity contribution in [2.24, 2.45) is 0 Å². The summed E-state index contributed by atoms with van der Waals surface area (Å²) in [6.07, 6.45) is 3.19. The highest BCUT2D eigenvalue weighted by Crippen LogP contribution is 2.21. The number of rotatable bonds is 5. The third-order valence-electron chi connectivity index (χ3n) is 2.99. The van der Waals surface area contributed by atoms with Crippen molar-refractivity contribution >= 4 is 40.0 Å². The van der Waals surface area contributed by atoms with Crippen molar-refractivity contribution in [3.63, 3.8) is 0 Å². The molecule has 0 bridgehead atoms.